The third-order valence-corrected chi connectivity index (χ3v) is 3.79. The van der Waals surface area contributed by atoms with E-state index >= 15 is 0 Å². The molecule has 1 fully saturated rings. The van der Waals surface area contributed by atoms with Crippen LogP contribution >= 0.6 is 11.6 Å². The number of benzene rings is 1. The molecule has 1 amide bonds. The monoisotopic (exact) mass is 282 g/mol. The van der Waals surface area contributed by atoms with Gasteiger partial charge in [-0.25, -0.2) is 0 Å². The van der Waals surface area contributed by atoms with Crippen LogP contribution < -0.4 is 5.32 Å². The molecule has 2 atom stereocenters. The summed E-state index contributed by atoms with van der Waals surface area (Å²) in [7, 11) is 0. The number of aliphatic hydroxyl groups is 1. The van der Waals surface area contributed by atoms with Crippen LogP contribution in [0.3, 0.4) is 0 Å². The predicted octanol–water partition coefficient (Wildman–Crippen LogP) is 1.41. The molecule has 1 saturated heterocycles. The first kappa shape index (κ1) is 14.3. The van der Waals surface area contributed by atoms with Crippen molar-refractivity contribution in [2.75, 3.05) is 13.1 Å². The maximum atomic E-state index is 12.3. The highest BCUT2D eigenvalue weighted by Crippen LogP contribution is 2.18. The van der Waals surface area contributed by atoms with Crippen LogP contribution in [-0.4, -0.2) is 41.1 Å². The molecule has 4 nitrogen and oxygen atoms in total. The average Bonchev–Trinajstić information content (AvgIpc) is 2.84. The summed E-state index contributed by atoms with van der Waals surface area (Å²) in [5.41, 5.74) is 0.943. The minimum Gasteiger partial charge on any atom is -0.392 e. The van der Waals surface area contributed by atoms with Gasteiger partial charge in [0.1, 0.15) is 0 Å². The molecule has 0 bridgehead atoms. The van der Waals surface area contributed by atoms with Crippen molar-refractivity contribution in [2.24, 2.45) is 0 Å². The Morgan fingerprint density at radius 3 is 2.84 bits per heavy atom. The van der Waals surface area contributed by atoms with Crippen LogP contribution in [0.25, 0.3) is 0 Å². The Bertz CT molecular complexity index is 453. The first-order chi connectivity index (χ1) is 9.11. The van der Waals surface area contributed by atoms with Gasteiger partial charge in [-0.1, -0.05) is 29.8 Å². The molecule has 0 unspecified atom stereocenters. The molecule has 1 aliphatic heterocycles. The summed E-state index contributed by atoms with van der Waals surface area (Å²) in [6.45, 7) is 3.56. The van der Waals surface area contributed by atoms with Gasteiger partial charge >= 0.3 is 0 Å². The van der Waals surface area contributed by atoms with Gasteiger partial charge in [0.25, 0.3) is 0 Å². The van der Waals surface area contributed by atoms with Crippen LogP contribution in [0.4, 0.5) is 0 Å². The van der Waals surface area contributed by atoms with Crippen LogP contribution in [0.5, 0.6) is 0 Å². The van der Waals surface area contributed by atoms with Crippen molar-refractivity contribution in [1.82, 2.24) is 10.2 Å². The van der Waals surface area contributed by atoms with E-state index in [4.69, 9.17) is 11.6 Å². The number of halogens is 1. The maximum absolute atomic E-state index is 12.3. The van der Waals surface area contributed by atoms with Gasteiger partial charge in [0, 0.05) is 24.7 Å². The highest BCUT2D eigenvalue weighted by atomic mass is 35.5. The summed E-state index contributed by atoms with van der Waals surface area (Å²) in [4.78, 5) is 14.1. The highest BCUT2D eigenvalue weighted by molar-refractivity contribution is 6.31. The lowest BCUT2D eigenvalue weighted by Crippen LogP contribution is -2.43. The number of β-amino-alcohol motifs (C(OH)–C–C–N with tert-alkyl or cyclic N) is 1. The normalized spacial score (nSPS) is 22.5. The maximum Gasteiger partial charge on any atom is 0.240 e. The van der Waals surface area contributed by atoms with Gasteiger partial charge in [0.2, 0.25) is 5.91 Å². The second-order valence-corrected chi connectivity index (χ2v) is 5.20. The fraction of sp³-hybridized carbons (Fsp3) is 0.500. The number of hydrogen-bond donors (Lipinski definition) is 2. The van der Waals surface area contributed by atoms with Crippen LogP contribution in [0.1, 0.15) is 18.9 Å². The topological polar surface area (TPSA) is 52.6 Å². The predicted molar refractivity (Wildman–Crippen MR) is 75.0 cm³/mol. The lowest BCUT2D eigenvalue weighted by molar-refractivity contribution is -0.133. The van der Waals surface area contributed by atoms with Gasteiger partial charge in [0.15, 0.2) is 0 Å². The Kier molecular flexibility index (Phi) is 4.80. The van der Waals surface area contributed by atoms with E-state index in [1.807, 2.05) is 31.2 Å². The molecule has 0 spiro atoms. The Morgan fingerprint density at radius 1 is 1.53 bits per heavy atom. The van der Waals surface area contributed by atoms with Crippen molar-refractivity contribution in [2.45, 2.75) is 32.0 Å². The molecule has 1 aromatic rings. The summed E-state index contributed by atoms with van der Waals surface area (Å²) in [5, 5.41) is 13.2. The zero-order valence-corrected chi connectivity index (χ0v) is 11.7. The van der Waals surface area contributed by atoms with Gasteiger partial charge < -0.3 is 15.3 Å². The molecule has 1 aromatic carbocycles. The summed E-state index contributed by atoms with van der Waals surface area (Å²) in [6.07, 6.45) is 0.0608. The summed E-state index contributed by atoms with van der Waals surface area (Å²) in [6, 6.07) is 7.26. The van der Waals surface area contributed by atoms with Crippen molar-refractivity contribution < 1.29 is 9.90 Å². The number of nitrogens with one attached hydrogen (secondary N) is 1. The molecular formula is C14H19ClN2O2. The van der Waals surface area contributed by atoms with E-state index in [1.54, 1.807) is 4.90 Å². The largest absolute Gasteiger partial charge is 0.392 e. The van der Waals surface area contributed by atoms with Crippen molar-refractivity contribution in [3.05, 3.63) is 34.9 Å². The van der Waals surface area contributed by atoms with Gasteiger partial charge in [-0.05, 0) is 25.0 Å². The van der Waals surface area contributed by atoms with Crippen molar-refractivity contribution in [3.63, 3.8) is 0 Å². The quantitative estimate of drug-likeness (QED) is 0.878. The van der Waals surface area contributed by atoms with Crippen LogP contribution in [0.2, 0.25) is 5.02 Å². The molecule has 19 heavy (non-hydrogen) atoms. The lowest BCUT2D eigenvalue weighted by atomic mass is 10.1. The molecule has 2 rings (SSSR count). The van der Waals surface area contributed by atoms with Crippen molar-refractivity contribution >= 4 is 17.5 Å². The SMILES string of the molecule is CCN(Cc1ccccc1Cl)C(=O)[C@H]1C[C@H](O)CN1. The number of likely N-dealkylation sites (N-methyl/N-ethyl adjacent to an activating group) is 1. The molecule has 0 aromatic heterocycles. The van der Waals surface area contributed by atoms with E-state index in [1.165, 1.54) is 0 Å². The standard InChI is InChI=1S/C14H19ClN2O2/c1-2-17(9-10-5-3-4-6-12(10)15)14(19)13-7-11(18)8-16-13/h3-6,11,13,16,18H,2,7-9H2,1H3/t11-,13+/m0/s1. The van der Waals surface area contributed by atoms with E-state index in [9.17, 15) is 9.90 Å². The first-order valence-corrected chi connectivity index (χ1v) is 6.93. The highest BCUT2D eigenvalue weighted by Gasteiger charge is 2.30. The molecule has 2 N–H and O–H groups in total. The van der Waals surface area contributed by atoms with Crippen LogP contribution in [-0.2, 0) is 11.3 Å². The molecule has 0 aliphatic carbocycles. The molecule has 1 heterocycles. The van der Waals surface area contributed by atoms with Gasteiger partial charge in [-0.3, -0.25) is 4.79 Å². The minimum absolute atomic E-state index is 0.0268. The van der Waals surface area contributed by atoms with E-state index in [-0.39, 0.29) is 11.9 Å². The Morgan fingerprint density at radius 2 is 2.26 bits per heavy atom. The number of aliphatic hydroxyl groups excluding tert-OH is 1. The number of rotatable bonds is 4. The summed E-state index contributed by atoms with van der Waals surface area (Å²) in [5.74, 6) is 0.0268. The minimum atomic E-state index is -0.423. The average molecular weight is 283 g/mol. The number of carbonyl (C=O) groups excluding carboxylic acids is 1. The Labute approximate surface area is 118 Å². The van der Waals surface area contributed by atoms with Crippen LogP contribution in [0, 0.1) is 0 Å². The van der Waals surface area contributed by atoms with Gasteiger partial charge in [-0.15, -0.1) is 0 Å². The molecule has 0 saturated carbocycles. The Balaban J connectivity index is 2.04. The fourth-order valence-corrected chi connectivity index (χ4v) is 2.50. The fourth-order valence-electron chi connectivity index (χ4n) is 2.30. The van der Waals surface area contributed by atoms with E-state index in [0.29, 0.717) is 31.1 Å². The van der Waals surface area contributed by atoms with Crippen LogP contribution in [0.15, 0.2) is 24.3 Å². The summed E-state index contributed by atoms with van der Waals surface area (Å²) >= 11 is 6.12. The number of hydrogen-bond acceptors (Lipinski definition) is 3. The summed E-state index contributed by atoms with van der Waals surface area (Å²) < 4.78 is 0. The number of nitrogens with zero attached hydrogens (tertiary/aromatic N) is 1. The molecule has 1 aliphatic rings. The number of amides is 1. The van der Waals surface area contributed by atoms with Gasteiger partial charge in [-0.2, -0.15) is 0 Å². The van der Waals surface area contributed by atoms with Crippen molar-refractivity contribution in [1.29, 1.82) is 0 Å². The lowest BCUT2D eigenvalue weighted by Gasteiger charge is -2.24. The second-order valence-electron chi connectivity index (χ2n) is 4.79. The van der Waals surface area contributed by atoms with Crippen molar-refractivity contribution in [3.8, 4) is 0 Å². The third-order valence-electron chi connectivity index (χ3n) is 3.42. The van der Waals surface area contributed by atoms with E-state index in [0.717, 1.165) is 5.56 Å². The molecule has 104 valence electrons. The molecule has 0 radical (unpaired) electrons. The first-order valence-electron chi connectivity index (χ1n) is 6.55. The Hall–Kier alpha value is -1.10. The zero-order valence-electron chi connectivity index (χ0n) is 11.0. The second kappa shape index (κ2) is 6.37. The van der Waals surface area contributed by atoms with E-state index < -0.39 is 6.10 Å². The molecule has 5 heteroatoms. The van der Waals surface area contributed by atoms with E-state index in [2.05, 4.69) is 5.32 Å². The number of carbonyl (C=O) groups is 1. The molecular weight excluding hydrogens is 264 g/mol. The third kappa shape index (κ3) is 3.47. The zero-order chi connectivity index (χ0) is 13.8. The van der Waals surface area contributed by atoms with Gasteiger partial charge in [0.05, 0.1) is 12.1 Å². The smallest absolute Gasteiger partial charge is 0.240 e.